The molecule has 2 N–H and O–H groups in total. The first-order valence-electron chi connectivity index (χ1n) is 8.45. The molecule has 1 saturated heterocycles. The van der Waals surface area contributed by atoms with Gasteiger partial charge in [-0.3, -0.25) is 14.4 Å². The van der Waals surface area contributed by atoms with Crippen LogP contribution in [-0.4, -0.2) is 35.5 Å². The number of hydrogen-bond acceptors (Lipinski definition) is 5. The molecule has 0 atom stereocenters. The zero-order valence-corrected chi connectivity index (χ0v) is 14.2. The Morgan fingerprint density at radius 2 is 1.52 bits per heavy atom. The number of nitrogens with zero attached hydrogens (tertiary/aromatic N) is 1. The molecule has 1 amide bonds. The Morgan fingerprint density at radius 1 is 0.920 bits per heavy atom. The van der Waals surface area contributed by atoms with Crippen molar-refractivity contribution < 1.29 is 14.4 Å². The van der Waals surface area contributed by atoms with Crippen LogP contribution in [0.25, 0.3) is 0 Å². The lowest BCUT2D eigenvalue weighted by Crippen LogP contribution is -2.36. The van der Waals surface area contributed by atoms with E-state index in [1.54, 1.807) is 24.3 Å². The largest absolute Gasteiger partial charge is 0.367 e. The maximum Gasteiger partial charge on any atom is 0.221 e. The summed E-state index contributed by atoms with van der Waals surface area (Å²) in [4.78, 5) is 37.8. The summed E-state index contributed by atoms with van der Waals surface area (Å²) in [5, 5.41) is 5.79. The Bertz CT molecular complexity index is 757. The molecule has 0 spiro atoms. The van der Waals surface area contributed by atoms with E-state index < -0.39 is 0 Å². The molecule has 0 saturated carbocycles. The lowest BCUT2D eigenvalue weighted by molar-refractivity contribution is -0.116. The molecule has 2 aliphatic rings. The monoisotopic (exact) mass is 339 g/mol. The third kappa shape index (κ3) is 3.96. The van der Waals surface area contributed by atoms with Crippen molar-refractivity contribution in [2.45, 2.75) is 26.2 Å². The van der Waals surface area contributed by atoms with E-state index >= 15 is 0 Å². The summed E-state index contributed by atoms with van der Waals surface area (Å²) >= 11 is 0. The molecule has 1 aliphatic heterocycles. The van der Waals surface area contributed by atoms with Gasteiger partial charge in [-0.2, -0.15) is 0 Å². The van der Waals surface area contributed by atoms with E-state index in [1.807, 2.05) is 4.90 Å². The molecule has 1 fully saturated rings. The van der Waals surface area contributed by atoms with Crippen LogP contribution < -0.4 is 10.6 Å². The van der Waals surface area contributed by atoms with Crippen molar-refractivity contribution in [3.05, 3.63) is 47.8 Å². The van der Waals surface area contributed by atoms with Crippen molar-refractivity contribution in [3.63, 3.8) is 0 Å². The van der Waals surface area contributed by atoms with Crippen molar-refractivity contribution in [1.82, 2.24) is 4.90 Å². The molecule has 1 heterocycles. The van der Waals surface area contributed by atoms with Crippen LogP contribution in [0.4, 0.5) is 11.4 Å². The van der Waals surface area contributed by atoms with Gasteiger partial charge in [-0.1, -0.05) is 0 Å². The van der Waals surface area contributed by atoms with E-state index in [9.17, 15) is 14.4 Å². The molecular formula is C19H21N3O3. The number of piperidine rings is 1. The number of amides is 1. The van der Waals surface area contributed by atoms with Crippen molar-refractivity contribution in [3.8, 4) is 0 Å². The van der Waals surface area contributed by atoms with E-state index in [2.05, 4.69) is 10.6 Å². The molecule has 25 heavy (non-hydrogen) atoms. The summed E-state index contributed by atoms with van der Waals surface area (Å²) in [7, 11) is 0. The molecule has 1 aromatic carbocycles. The van der Waals surface area contributed by atoms with E-state index in [4.69, 9.17) is 0 Å². The average molecular weight is 339 g/mol. The topological polar surface area (TPSA) is 78.5 Å². The van der Waals surface area contributed by atoms with Gasteiger partial charge in [0.05, 0.1) is 0 Å². The number of rotatable bonds is 4. The SMILES string of the molecule is CC(=O)Nc1ccc(NC2=C(N3CCCCC3)C(=O)C=CC2=O)cc1. The molecule has 1 aliphatic carbocycles. The summed E-state index contributed by atoms with van der Waals surface area (Å²) in [6.07, 6.45) is 5.84. The predicted octanol–water partition coefficient (Wildman–Crippen LogP) is 2.46. The third-order valence-electron chi connectivity index (χ3n) is 4.25. The summed E-state index contributed by atoms with van der Waals surface area (Å²) < 4.78 is 0. The van der Waals surface area contributed by atoms with Gasteiger partial charge in [0, 0.05) is 31.4 Å². The Kier molecular flexibility index (Phi) is 4.97. The highest BCUT2D eigenvalue weighted by molar-refractivity contribution is 6.20. The maximum absolute atomic E-state index is 12.4. The van der Waals surface area contributed by atoms with Gasteiger partial charge in [-0.25, -0.2) is 0 Å². The second-order valence-electron chi connectivity index (χ2n) is 6.22. The minimum atomic E-state index is -0.203. The minimum Gasteiger partial charge on any atom is -0.367 e. The first-order valence-corrected chi connectivity index (χ1v) is 8.45. The van der Waals surface area contributed by atoms with Crippen LogP contribution in [0.1, 0.15) is 26.2 Å². The smallest absolute Gasteiger partial charge is 0.221 e. The number of anilines is 2. The quantitative estimate of drug-likeness (QED) is 0.824. The van der Waals surface area contributed by atoms with Gasteiger partial charge in [0.1, 0.15) is 11.4 Å². The summed E-state index contributed by atoms with van der Waals surface area (Å²) in [5.74, 6) is -0.487. The summed E-state index contributed by atoms with van der Waals surface area (Å²) in [6.45, 7) is 3.02. The van der Waals surface area contributed by atoms with Crippen LogP contribution in [0.15, 0.2) is 47.8 Å². The fourth-order valence-corrected chi connectivity index (χ4v) is 3.09. The third-order valence-corrected chi connectivity index (χ3v) is 4.25. The Balaban J connectivity index is 1.86. The molecule has 0 bridgehead atoms. The standard InChI is InChI=1S/C19H21N3O3/c1-13(23)20-14-5-7-15(8-6-14)21-18-16(24)9-10-17(25)19(18)22-11-3-2-4-12-22/h5-10,21H,2-4,11-12H2,1H3,(H,20,23). The zero-order valence-electron chi connectivity index (χ0n) is 14.2. The molecule has 0 radical (unpaired) electrons. The number of carbonyl (C=O) groups is 3. The Labute approximate surface area is 146 Å². The lowest BCUT2D eigenvalue weighted by atomic mass is 10.0. The van der Waals surface area contributed by atoms with Gasteiger partial charge < -0.3 is 15.5 Å². The second kappa shape index (κ2) is 7.34. The van der Waals surface area contributed by atoms with Crippen molar-refractivity contribution in [1.29, 1.82) is 0 Å². The van der Waals surface area contributed by atoms with Crippen molar-refractivity contribution >= 4 is 28.8 Å². The van der Waals surface area contributed by atoms with Gasteiger partial charge in [-0.15, -0.1) is 0 Å². The average Bonchev–Trinajstić information content (AvgIpc) is 2.60. The van der Waals surface area contributed by atoms with Gasteiger partial charge >= 0.3 is 0 Å². The number of benzene rings is 1. The molecule has 6 heteroatoms. The second-order valence-corrected chi connectivity index (χ2v) is 6.22. The lowest BCUT2D eigenvalue weighted by Gasteiger charge is -2.32. The van der Waals surface area contributed by atoms with E-state index in [-0.39, 0.29) is 17.5 Å². The van der Waals surface area contributed by atoms with E-state index in [0.717, 1.165) is 32.4 Å². The van der Waals surface area contributed by atoms with Crippen LogP contribution >= 0.6 is 0 Å². The van der Waals surface area contributed by atoms with Crippen LogP contribution in [0.5, 0.6) is 0 Å². The molecule has 6 nitrogen and oxygen atoms in total. The number of carbonyl (C=O) groups excluding carboxylic acids is 3. The summed E-state index contributed by atoms with van der Waals surface area (Å²) in [5.41, 5.74) is 2.14. The van der Waals surface area contributed by atoms with Crippen LogP contribution in [-0.2, 0) is 14.4 Å². The van der Waals surface area contributed by atoms with E-state index in [0.29, 0.717) is 22.8 Å². The van der Waals surface area contributed by atoms with Gasteiger partial charge in [-0.05, 0) is 55.7 Å². The Hall–Kier alpha value is -2.89. The van der Waals surface area contributed by atoms with Gasteiger partial charge in [0.15, 0.2) is 0 Å². The number of hydrogen-bond donors (Lipinski definition) is 2. The van der Waals surface area contributed by atoms with Crippen LogP contribution in [0.2, 0.25) is 0 Å². The van der Waals surface area contributed by atoms with Crippen LogP contribution in [0, 0.1) is 0 Å². The molecule has 130 valence electrons. The van der Waals surface area contributed by atoms with Gasteiger partial charge in [0.2, 0.25) is 17.5 Å². The number of nitrogens with one attached hydrogen (secondary N) is 2. The minimum absolute atomic E-state index is 0.140. The first kappa shape index (κ1) is 17.0. The first-order chi connectivity index (χ1) is 12.0. The Morgan fingerprint density at radius 3 is 2.16 bits per heavy atom. The normalized spacial score (nSPS) is 17.7. The number of allylic oxidation sites excluding steroid dienone is 2. The van der Waals surface area contributed by atoms with Gasteiger partial charge in [0.25, 0.3) is 0 Å². The van der Waals surface area contributed by atoms with E-state index in [1.165, 1.54) is 19.1 Å². The highest BCUT2D eigenvalue weighted by Crippen LogP contribution is 2.24. The predicted molar refractivity (Wildman–Crippen MR) is 96.0 cm³/mol. The highest BCUT2D eigenvalue weighted by Gasteiger charge is 2.28. The zero-order chi connectivity index (χ0) is 17.8. The molecule has 0 aromatic heterocycles. The maximum atomic E-state index is 12.4. The number of ketones is 2. The molecule has 0 unspecified atom stereocenters. The fraction of sp³-hybridized carbons (Fsp3) is 0.316. The number of likely N-dealkylation sites (tertiary alicyclic amines) is 1. The van der Waals surface area contributed by atoms with Crippen LogP contribution in [0.3, 0.4) is 0 Å². The molecular weight excluding hydrogens is 318 g/mol. The summed E-state index contributed by atoms with van der Waals surface area (Å²) in [6, 6.07) is 7.02. The molecule has 1 aromatic rings. The molecule has 3 rings (SSSR count). The van der Waals surface area contributed by atoms with Crippen molar-refractivity contribution in [2.24, 2.45) is 0 Å². The highest BCUT2D eigenvalue weighted by atomic mass is 16.1. The fourth-order valence-electron chi connectivity index (χ4n) is 3.09. The van der Waals surface area contributed by atoms with Crippen molar-refractivity contribution in [2.75, 3.05) is 23.7 Å².